The molecule has 1 unspecified atom stereocenters. The van der Waals surface area contributed by atoms with Gasteiger partial charge in [-0.05, 0) is 34.9 Å². The molecule has 4 rings (SSSR count). The van der Waals surface area contributed by atoms with Crippen molar-refractivity contribution in [3.63, 3.8) is 0 Å². The van der Waals surface area contributed by atoms with Crippen LogP contribution in [0.25, 0.3) is 0 Å². The molecule has 0 spiro atoms. The number of halogens is 1. The molecular weight excluding hydrogens is 313 g/mol. The van der Waals surface area contributed by atoms with Crippen molar-refractivity contribution < 1.29 is 9.18 Å². The van der Waals surface area contributed by atoms with Gasteiger partial charge in [-0.2, -0.15) is 0 Å². The highest BCUT2D eigenvalue weighted by atomic mass is 19.1. The number of amides is 1. The molecule has 1 aliphatic rings. The number of carbonyl (C=O) groups excluding carboxylic acids is 1. The lowest BCUT2D eigenvalue weighted by Crippen LogP contribution is -2.36. The molecule has 25 heavy (non-hydrogen) atoms. The molecule has 3 heteroatoms. The summed E-state index contributed by atoms with van der Waals surface area (Å²) in [6.45, 7) is 0.500. The summed E-state index contributed by atoms with van der Waals surface area (Å²) in [4.78, 5) is 14.6. The number of nitrogens with zero attached hydrogens (tertiary/aromatic N) is 1. The minimum Gasteiger partial charge on any atom is -0.308 e. The standard InChI is InChI=1S/C22H18FNO/c23-18-11-12-21-20(13-18)19(17-9-5-2-6-10-17)14-22(25)24(21)15-16-7-3-1-4-8-16/h1-13,19H,14-15H2. The second kappa shape index (κ2) is 6.52. The second-order valence-electron chi connectivity index (χ2n) is 6.34. The van der Waals surface area contributed by atoms with Crippen molar-refractivity contribution in [1.29, 1.82) is 0 Å². The molecule has 3 aromatic carbocycles. The molecular formula is C22H18FNO. The summed E-state index contributed by atoms with van der Waals surface area (Å²) in [5.74, 6) is -0.308. The van der Waals surface area contributed by atoms with Gasteiger partial charge in [-0.1, -0.05) is 60.7 Å². The van der Waals surface area contributed by atoms with E-state index in [4.69, 9.17) is 0 Å². The number of rotatable bonds is 3. The van der Waals surface area contributed by atoms with E-state index in [-0.39, 0.29) is 17.6 Å². The SMILES string of the molecule is O=C1CC(c2ccccc2)c2cc(F)ccc2N1Cc1ccccc1. The number of hydrogen-bond acceptors (Lipinski definition) is 1. The van der Waals surface area contributed by atoms with Crippen molar-refractivity contribution in [1.82, 2.24) is 0 Å². The molecule has 124 valence electrons. The maximum absolute atomic E-state index is 13.9. The lowest BCUT2D eigenvalue weighted by atomic mass is 9.84. The van der Waals surface area contributed by atoms with E-state index in [0.29, 0.717) is 13.0 Å². The normalized spacial score (nSPS) is 16.6. The first-order chi connectivity index (χ1) is 12.2. The van der Waals surface area contributed by atoms with Gasteiger partial charge in [-0.3, -0.25) is 4.79 Å². The summed E-state index contributed by atoms with van der Waals surface area (Å²) in [5, 5.41) is 0. The smallest absolute Gasteiger partial charge is 0.228 e. The molecule has 1 amide bonds. The fraction of sp³-hybridized carbons (Fsp3) is 0.136. The van der Waals surface area contributed by atoms with Gasteiger partial charge in [-0.15, -0.1) is 0 Å². The number of anilines is 1. The molecule has 3 aromatic rings. The molecule has 0 fully saturated rings. The maximum atomic E-state index is 13.9. The van der Waals surface area contributed by atoms with E-state index in [2.05, 4.69) is 0 Å². The third kappa shape index (κ3) is 3.05. The van der Waals surface area contributed by atoms with Crippen LogP contribution >= 0.6 is 0 Å². The first-order valence-electron chi connectivity index (χ1n) is 8.41. The molecule has 1 aliphatic heterocycles. The molecule has 0 aromatic heterocycles. The molecule has 0 saturated carbocycles. The summed E-state index contributed by atoms with van der Waals surface area (Å²) >= 11 is 0. The molecule has 1 heterocycles. The zero-order chi connectivity index (χ0) is 17.2. The molecule has 0 aliphatic carbocycles. The van der Waals surface area contributed by atoms with E-state index in [1.54, 1.807) is 17.0 Å². The van der Waals surface area contributed by atoms with E-state index in [1.807, 2.05) is 60.7 Å². The topological polar surface area (TPSA) is 20.3 Å². The number of carbonyl (C=O) groups is 1. The average Bonchev–Trinajstić information content (AvgIpc) is 2.65. The van der Waals surface area contributed by atoms with Gasteiger partial charge in [0, 0.05) is 18.0 Å². The minimum atomic E-state index is -0.270. The minimum absolute atomic E-state index is 0.0665. The van der Waals surface area contributed by atoms with Crippen LogP contribution in [0.15, 0.2) is 78.9 Å². The van der Waals surface area contributed by atoms with Gasteiger partial charge in [0.25, 0.3) is 0 Å². The lowest BCUT2D eigenvalue weighted by Gasteiger charge is -2.34. The monoisotopic (exact) mass is 331 g/mol. The lowest BCUT2D eigenvalue weighted by molar-refractivity contribution is -0.119. The van der Waals surface area contributed by atoms with Gasteiger partial charge < -0.3 is 4.90 Å². The van der Waals surface area contributed by atoms with Crippen LogP contribution in [0.3, 0.4) is 0 Å². The fourth-order valence-corrected chi connectivity index (χ4v) is 3.50. The summed E-state index contributed by atoms with van der Waals surface area (Å²) in [6.07, 6.45) is 0.354. The summed E-state index contributed by atoms with van der Waals surface area (Å²) in [6, 6.07) is 24.4. The first kappa shape index (κ1) is 15.6. The Kier molecular flexibility index (Phi) is 4.06. The highest BCUT2D eigenvalue weighted by molar-refractivity contribution is 5.97. The van der Waals surface area contributed by atoms with Gasteiger partial charge in [-0.25, -0.2) is 4.39 Å². The van der Waals surface area contributed by atoms with Gasteiger partial charge in [0.15, 0.2) is 0 Å². The Balaban J connectivity index is 1.77. The Bertz CT molecular complexity index is 892. The second-order valence-corrected chi connectivity index (χ2v) is 6.34. The van der Waals surface area contributed by atoms with E-state index >= 15 is 0 Å². The highest BCUT2D eigenvalue weighted by Crippen LogP contribution is 2.40. The first-order valence-corrected chi connectivity index (χ1v) is 8.41. The zero-order valence-electron chi connectivity index (χ0n) is 13.7. The van der Waals surface area contributed by atoms with Crippen LogP contribution in [0.4, 0.5) is 10.1 Å². The predicted octanol–water partition coefficient (Wildman–Crippen LogP) is 4.89. The van der Waals surface area contributed by atoms with Crippen LogP contribution in [0, 0.1) is 5.82 Å². The largest absolute Gasteiger partial charge is 0.308 e. The van der Waals surface area contributed by atoms with Gasteiger partial charge >= 0.3 is 0 Å². The Labute approximate surface area is 146 Å². The van der Waals surface area contributed by atoms with Crippen molar-refractivity contribution in [2.24, 2.45) is 0 Å². The molecule has 0 bridgehead atoms. The third-order valence-corrected chi connectivity index (χ3v) is 4.72. The van der Waals surface area contributed by atoms with Crippen molar-refractivity contribution in [2.45, 2.75) is 18.9 Å². The molecule has 0 radical (unpaired) electrons. The van der Waals surface area contributed by atoms with Crippen LogP contribution in [-0.2, 0) is 11.3 Å². The number of hydrogen-bond donors (Lipinski definition) is 0. The predicted molar refractivity (Wildman–Crippen MR) is 96.9 cm³/mol. The quantitative estimate of drug-likeness (QED) is 0.669. The molecule has 0 N–H and O–H groups in total. The van der Waals surface area contributed by atoms with Crippen LogP contribution in [0.5, 0.6) is 0 Å². The Hall–Kier alpha value is -2.94. The number of fused-ring (bicyclic) bond motifs is 1. The maximum Gasteiger partial charge on any atom is 0.228 e. The third-order valence-electron chi connectivity index (χ3n) is 4.72. The Morgan fingerprint density at radius 3 is 2.32 bits per heavy atom. The summed E-state index contributed by atoms with van der Waals surface area (Å²) < 4.78 is 13.9. The van der Waals surface area contributed by atoms with Crippen molar-refractivity contribution in [3.05, 3.63) is 101 Å². The van der Waals surface area contributed by atoms with Crippen molar-refractivity contribution in [2.75, 3.05) is 4.90 Å². The number of benzene rings is 3. The molecule has 0 saturated heterocycles. The van der Waals surface area contributed by atoms with E-state index in [1.165, 1.54) is 6.07 Å². The van der Waals surface area contributed by atoms with Crippen LogP contribution in [-0.4, -0.2) is 5.91 Å². The Morgan fingerprint density at radius 2 is 1.60 bits per heavy atom. The highest BCUT2D eigenvalue weighted by Gasteiger charge is 2.32. The van der Waals surface area contributed by atoms with Crippen molar-refractivity contribution in [3.8, 4) is 0 Å². The Morgan fingerprint density at radius 1 is 0.920 bits per heavy atom. The van der Waals surface area contributed by atoms with Crippen LogP contribution < -0.4 is 4.90 Å². The molecule has 2 nitrogen and oxygen atoms in total. The summed E-state index contributed by atoms with van der Waals surface area (Å²) in [5.41, 5.74) is 3.78. The van der Waals surface area contributed by atoms with E-state index in [9.17, 15) is 9.18 Å². The van der Waals surface area contributed by atoms with Gasteiger partial charge in [0.05, 0.1) is 6.54 Å². The van der Waals surface area contributed by atoms with Crippen LogP contribution in [0.1, 0.15) is 29.0 Å². The van der Waals surface area contributed by atoms with Crippen molar-refractivity contribution >= 4 is 11.6 Å². The van der Waals surface area contributed by atoms with Gasteiger partial charge in [0.1, 0.15) is 5.82 Å². The zero-order valence-corrected chi connectivity index (χ0v) is 13.7. The van der Waals surface area contributed by atoms with E-state index < -0.39 is 0 Å². The average molecular weight is 331 g/mol. The van der Waals surface area contributed by atoms with Crippen LogP contribution in [0.2, 0.25) is 0 Å². The fourth-order valence-electron chi connectivity index (χ4n) is 3.50. The molecule has 1 atom stereocenters. The summed E-state index contributed by atoms with van der Waals surface area (Å²) in [7, 11) is 0. The van der Waals surface area contributed by atoms with E-state index in [0.717, 1.165) is 22.4 Å². The van der Waals surface area contributed by atoms with Gasteiger partial charge in [0.2, 0.25) is 5.91 Å².